The molecule has 2 unspecified atom stereocenters. The molecule has 0 heterocycles. The molecule has 1 fully saturated rings. The summed E-state index contributed by atoms with van der Waals surface area (Å²) in [4.78, 5) is 23.2. The summed E-state index contributed by atoms with van der Waals surface area (Å²) in [5, 5.41) is 2.88. The summed E-state index contributed by atoms with van der Waals surface area (Å²) in [6.45, 7) is 1.74. The van der Waals surface area contributed by atoms with Crippen molar-refractivity contribution in [2.75, 3.05) is 11.9 Å². The van der Waals surface area contributed by atoms with Gasteiger partial charge < -0.3 is 21.5 Å². The van der Waals surface area contributed by atoms with Gasteiger partial charge in [0.2, 0.25) is 5.91 Å². The van der Waals surface area contributed by atoms with Crippen LogP contribution < -0.4 is 21.5 Å². The van der Waals surface area contributed by atoms with Crippen molar-refractivity contribution in [3.63, 3.8) is 0 Å². The Morgan fingerprint density at radius 3 is 2.86 bits per heavy atom. The van der Waals surface area contributed by atoms with Crippen LogP contribution in [0.5, 0.6) is 5.75 Å². The van der Waals surface area contributed by atoms with Crippen LogP contribution in [0.3, 0.4) is 0 Å². The number of carbonyl (C=O) groups is 2. The summed E-state index contributed by atoms with van der Waals surface area (Å²) in [6, 6.07) is 6.88. The van der Waals surface area contributed by atoms with Crippen molar-refractivity contribution < 1.29 is 14.3 Å². The van der Waals surface area contributed by atoms with Crippen LogP contribution in [0.1, 0.15) is 32.6 Å². The van der Waals surface area contributed by atoms with Crippen molar-refractivity contribution in [2.45, 2.75) is 38.1 Å². The predicted octanol–water partition coefficient (Wildman–Crippen LogP) is 1.40. The van der Waals surface area contributed by atoms with Crippen LogP contribution in [0.4, 0.5) is 5.69 Å². The molecule has 2 atom stereocenters. The number of ether oxygens (including phenoxy) is 1. The second-order valence-electron chi connectivity index (χ2n) is 6.08. The first-order valence-corrected chi connectivity index (χ1v) is 7.49. The van der Waals surface area contributed by atoms with Crippen LogP contribution in [0, 0.1) is 5.92 Å². The van der Waals surface area contributed by atoms with E-state index in [1.54, 1.807) is 24.3 Å². The molecule has 0 spiro atoms. The minimum absolute atomic E-state index is 0.0725. The molecule has 1 saturated carbocycles. The summed E-state index contributed by atoms with van der Waals surface area (Å²) in [6.07, 6.45) is 3.74. The fourth-order valence-electron chi connectivity index (χ4n) is 2.84. The van der Waals surface area contributed by atoms with Gasteiger partial charge in [-0.15, -0.1) is 0 Å². The van der Waals surface area contributed by atoms with Crippen LogP contribution in [0.2, 0.25) is 0 Å². The van der Waals surface area contributed by atoms with Gasteiger partial charge in [0.1, 0.15) is 5.75 Å². The van der Waals surface area contributed by atoms with Crippen molar-refractivity contribution in [3.05, 3.63) is 24.3 Å². The molecule has 0 bridgehead atoms. The second-order valence-corrected chi connectivity index (χ2v) is 6.08. The van der Waals surface area contributed by atoms with Gasteiger partial charge in [-0.3, -0.25) is 9.59 Å². The molecule has 5 N–H and O–H groups in total. The Morgan fingerprint density at radius 2 is 2.18 bits per heavy atom. The lowest BCUT2D eigenvalue weighted by Crippen LogP contribution is -2.51. The highest BCUT2D eigenvalue weighted by Crippen LogP contribution is 2.32. The molecular weight excluding hydrogens is 282 g/mol. The van der Waals surface area contributed by atoms with Gasteiger partial charge in [0, 0.05) is 17.3 Å². The minimum Gasteiger partial charge on any atom is -0.484 e. The third kappa shape index (κ3) is 4.21. The van der Waals surface area contributed by atoms with Crippen LogP contribution in [-0.4, -0.2) is 24.0 Å². The fourth-order valence-corrected chi connectivity index (χ4v) is 2.84. The smallest absolute Gasteiger partial charge is 0.255 e. The number of amides is 2. The molecule has 0 aliphatic heterocycles. The zero-order valence-electron chi connectivity index (χ0n) is 12.8. The van der Waals surface area contributed by atoms with Crippen LogP contribution in [-0.2, 0) is 9.59 Å². The number of benzene rings is 1. The maximum absolute atomic E-state index is 12.5. The molecule has 1 aromatic carbocycles. The van der Waals surface area contributed by atoms with Gasteiger partial charge in [-0.2, -0.15) is 0 Å². The fraction of sp³-hybridized carbons (Fsp3) is 0.500. The lowest BCUT2D eigenvalue weighted by molar-refractivity contribution is -0.123. The van der Waals surface area contributed by atoms with E-state index < -0.39 is 11.4 Å². The lowest BCUT2D eigenvalue weighted by Gasteiger charge is -2.37. The van der Waals surface area contributed by atoms with Gasteiger partial charge in [0.15, 0.2) is 6.61 Å². The number of primary amides is 1. The molecule has 1 aliphatic rings. The van der Waals surface area contributed by atoms with Gasteiger partial charge in [-0.1, -0.05) is 18.9 Å². The number of nitrogens with two attached hydrogens (primary N) is 2. The van der Waals surface area contributed by atoms with Crippen molar-refractivity contribution >= 4 is 17.5 Å². The van der Waals surface area contributed by atoms with E-state index in [-0.39, 0.29) is 18.4 Å². The van der Waals surface area contributed by atoms with Gasteiger partial charge >= 0.3 is 0 Å². The molecule has 1 aliphatic carbocycles. The Kier molecular flexibility index (Phi) is 5.03. The Hall–Kier alpha value is -2.08. The SMILES string of the molecule is CC1(N)CCCCC1C(=O)Nc1cccc(OCC(N)=O)c1. The molecule has 0 saturated heterocycles. The zero-order valence-corrected chi connectivity index (χ0v) is 12.8. The topological polar surface area (TPSA) is 107 Å². The summed E-state index contributed by atoms with van der Waals surface area (Å²) in [5.74, 6) is -0.334. The Bertz CT molecular complexity index is 557. The molecule has 0 aromatic heterocycles. The number of rotatable bonds is 5. The number of hydrogen-bond acceptors (Lipinski definition) is 4. The van der Waals surface area contributed by atoms with Crippen LogP contribution in [0.25, 0.3) is 0 Å². The van der Waals surface area contributed by atoms with Gasteiger partial charge in [-0.25, -0.2) is 0 Å². The number of anilines is 1. The number of nitrogens with one attached hydrogen (secondary N) is 1. The van der Waals surface area contributed by atoms with E-state index in [0.717, 1.165) is 25.7 Å². The maximum atomic E-state index is 12.5. The van der Waals surface area contributed by atoms with Crippen LogP contribution >= 0.6 is 0 Å². The van der Waals surface area contributed by atoms with E-state index in [1.807, 2.05) is 6.92 Å². The van der Waals surface area contributed by atoms with Gasteiger partial charge in [0.25, 0.3) is 5.91 Å². The van der Waals surface area contributed by atoms with Crippen molar-refractivity contribution in [1.29, 1.82) is 0 Å². The third-order valence-electron chi connectivity index (χ3n) is 4.05. The number of carbonyl (C=O) groups excluding carboxylic acids is 2. The highest BCUT2D eigenvalue weighted by Gasteiger charge is 2.37. The zero-order chi connectivity index (χ0) is 16.2. The Labute approximate surface area is 130 Å². The Balaban J connectivity index is 2.02. The van der Waals surface area contributed by atoms with Crippen molar-refractivity contribution in [3.8, 4) is 5.75 Å². The first kappa shape index (κ1) is 16.3. The summed E-state index contributed by atoms with van der Waals surface area (Å²) in [5.41, 5.74) is 11.4. The van der Waals surface area contributed by atoms with Crippen molar-refractivity contribution in [1.82, 2.24) is 0 Å². The average molecular weight is 305 g/mol. The normalized spacial score (nSPS) is 24.5. The van der Waals surface area contributed by atoms with E-state index in [9.17, 15) is 9.59 Å². The highest BCUT2D eigenvalue weighted by atomic mass is 16.5. The average Bonchev–Trinajstić information content (AvgIpc) is 2.45. The Morgan fingerprint density at radius 1 is 1.41 bits per heavy atom. The van der Waals surface area contributed by atoms with Crippen molar-refractivity contribution in [2.24, 2.45) is 17.4 Å². The highest BCUT2D eigenvalue weighted by molar-refractivity contribution is 5.93. The van der Waals surface area contributed by atoms with E-state index >= 15 is 0 Å². The minimum atomic E-state index is -0.546. The molecular formula is C16H23N3O3. The standard InChI is InChI=1S/C16H23N3O3/c1-16(18)8-3-2-7-13(16)15(21)19-11-5-4-6-12(9-11)22-10-14(17)20/h4-6,9,13H,2-3,7-8,10,18H2,1H3,(H2,17,20)(H,19,21). The molecule has 0 radical (unpaired) electrons. The van der Waals surface area contributed by atoms with Gasteiger partial charge in [-0.05, 0) is 31.9 Å². The molecule has 2 amide bonds. The third-order valence-corrected chi connectivity index (χ3v) is 4.05. The summed E-state index contributed by atoms with van der Waals surface area (Å²) >= 11 is 0. The van der Waals surface area contributed by atoms with Gasteiger partial charge in [0.05, 0.1) is 5.92 Å². The lowest BCUT2D eigenvalue weighted by atomic mass is 9.74. The summed E-state index contributed by atoms with van der Waals surface area (Å²) in [7, 11) is 0. The molecule has 2 rings (SSSR count). The van der Waals surface area contributed by atoms with E-state index in [0.29, 0.717) is 11.4 Å². The quantitative estimate of drug-likeness (QED) is 0.764. The second kappa shape index (κ2) is 6.79. The largest absolute Gasteiger partial charge is 0.484 e. The predicted molar refractivity (Wildman–Crippen MR) is 84.3 cm³/mol. The molecule has 6 nitrogen and oxygen atoms in total. The monoisotopic (exact) mass is 305 g/mol. The molecule has 6 heteroatoms. The molecule has 120 valence electrons. The first-order chi connectivity index (χ1) is 10.4. The van der Waals surface area contributed by atoms with E-state index in [2.05, 4.69) is 5.32 Å². The maximum Gasteiger partial charge on any atom is 0.255 e. The van der Waals surface area contributed by atoms with E-state index in [1.165, 1.54) is 0 Å². The molecule has 22 heavy (non-hydrogen) atoms. The first-order valence-electron chi connectivity index (χ1n) is 7.49. The van der Waals surface area contributed by atoms with E-state index in [4.69, 9.17) is 16.2 Å². The molecule has 1 aromatic rings. The summed E-state index contributed by atoms with van der Waals surface area (Å²) < 4.78 is 5.23. The van der Waals surface area contributed by atoms with Crippen LogP contribution in [0.15, 0.2) is 24.3 Å². The number of hydrogen-bond donors (Lipinski definition) is 3.